The van der Waals surface area contributed by atoms with Crippen molar-refractivity contribution < 1.29 is 4.79 Å². The summed E-state index contributed by atoms with van der Waals surface area (Å²) in [6.45, 7) is 5.90. The molecule has 5 heteroatoms. The molecule has 0 atom stereocenters. The first-order valence-corrected chi connectivity index (χ1v) is 7.31. The maximum Gasteiger partial charge on any atom is 0.272 e. The van der Waals surface area contributed by atoms with E-state index in [4.69, 9.17) is 0 Å². The van der Waals surface area contributed by atoms with Crippen molar-refractivity contribution in [2.75, 3.05) is 13.1 Å². The third kappa shape index (κ3) is 2.28. The average Bonchev–Trinajstić information content (AvgIpc) is 2.94. The van der Waals surface area contributed by atoms with E-state index in [0.717, 1.165) is 37.3 Å². The molecule has 1 amide bonds. The molecule has 0 N–H and O–H groups in total. The van der Waals surface area contributed by atoms with Crippen LogP contribution < -0.4 is 0 Å². The van der Waals surface area contributed by atoms with Gasteiger partial charge in [-0.15, -0.1) is 0 Å². The average molecular weight is 272 g/mol. The predicted molar refractivity (Wildman–Crippen MR) is 76.8 cm³/mol. The molecule has 0 unspecified atom stereocenters. The Morgan fingerprint density at radius 2 is 2.00 bits per heavy atom. The van der Waals surface area contributed by atoms with Crippen LogP contribution in [-0.4, -0.2) is 38.5 Å². The van der Waals surface area contributed by atoms with Gasteiger partial charge in [-0.1, -0.05) is 13.8 Å². The predicted octanol–water partition coefficient (Wildman–Crippen LogP) is 2.48. The van der Waals surface area contributed by atoms with Gasteiger partial charge in [0.1, 0.15) is 5.69 Å². The Balaban J connectivity index is 2.00. The topological polar surface area (TPSA) is 50.5 Å². The molecule has 5 nitrogen and oxygen atoms in total. The van der Waals surface area contributed by atoms with E-state index in [0.29, 0.717) is 11.6 Å². The Morgan fingerprint density at radius 1 is 1.25 bits per heavy atom. The van der Waals surface area contributed by atoms with Crippen molar-refractivity contribution in [3.05, 3.63) is 29.7 Å². The molecule has 2 aromatic heterocycles. The molecule has 106 valence electrons. The van der Waals surface area contributed by atoms with E-state index in [-0.39, 0.29) is 5.91 Å². The molecular formula is C15H20N4O. The summed E-state index contributed by atoms with van der Waals surface area (Å²) in [5.74, 6) is 0.351. The first kappa shape index (κ1) is 13.1. The van der Waals surface area contributed by atoms with Crippen molar-refractivity contribution in [2.24, 2.45) is 0 Å². The standard InChI is InChI=1S/C15H20N4O/c1-11(2)13-10-12(17-14-6-7-16-19(13)14)15(20)18-8-4-3-5-9-18/h6-7,10-11H,3-5,8-9H2,1-2H3. The number of hydrogen-bond acceptors (Lipinski definition) is 3. The smallest absolute Gasteiger partial charge is 0.272 e. The Kier molecular flexibility index (Phi) is 3.42. The molecule has 0 aromatic carbocycles. The highest BCUT2D eigenvalue weighted by Gasteiger charge is 2.21. The number of fused-ring (bicyclic) bond motifs is 1. The molecule has 20 heavy (non-hydrogen) atoms. The summed E-state index contributed by atoms with van der Waals surface area (Å²) in [5.41, 5.74) is 2.32. The van der Waals surface area contributed by atoms with E-state index in [2.05, 4.69) is 23.9 Å². The lowest BCUT2D eigenvalue weighted by Crippen LogP contribution is -2.36. The first-order chi connectivity index (χ1) is 9.66. The van der Waals surface area contributed by atoms with E-state index in [1.807, 2.05) is 21.5 Å². The zero-order valence-corrected chi connectivity index (χ0v) is 12.0. The molecule has 1 aliphatic rings. The molecule has 0 radical (unpaired) electrons. The molecule has 1 aliphatic heterocycles. The Morgan fingerprint density at radius 3 is 2.70 bits per heavy atom. The fourth-order valence-electron chi connectivity index (χ4n) is 2.72. The zero-order valence-electron chi connectivity index (χ0n) is 12.0. The summed E-state index contributed by atoms with van der Waals surface area (Å²) in [5, 5.41) is 4.28. The minimum absolute atomic E-state index is 0.0512. The zero-order chi connectivity index (χ0) is 14.1. The fraction of sp³-hybridized carbons (Fsp3) is 0.533. The number of piperidine rings is 1. The number of hydrogen-bond donors (Lipinski definition) is 0. The van der Waals surface area contributed by atoms with Gasteiger partial charge in [-0.2, -0.15) is 5.10 Å². The summed E-state index contributed by atoms with van der Waals surface area (Å²) in [4.78, 5) is 19.0. The van der Waals surface area contributed by atoms with Crippen molar-refractivity contribution in [3.63, 3.8) is 0 Å². The van der Waals surface area contributed by atoms with Crippen molar-refractivity contribution in [1.29, 1.82) is 0 Å². The second-order valence-electron chi connectivity index (χ2n) is 5.68. The molecule has 0 spiro atoms. The van der Waals surface area contributed by atoms with Gasteiger partial charge in [-0.05, 0) is 31.2 Å². The van der Waals surface area contributed by atoms with Gasteiger partial charge >= 0.3 is 0 Å². The number of carbonyl (C=O) groups is 1. The van der Waals surface area contributed by atoms with Crippen LogP contribution in [0.3, 0.4) is 0 Å². The fourth-order valence-corrected chi connectivity index (χ4v) is 2.72. The maximum atomic E-state index is 12.6. The molecule has 0 aliphatic carbocycles. The highest BCUT2D eigenvalue weighted by molar-refractivity contribution is 5.93. The number of amides is 1. The number of aromatic nitrogens is 3. The minimum Gasteiger partial charge on any atom is -0.337 e. The van der Waals surface area contributed by atoms with Crippen LogP contribution in [0.25, 0.3) is 5.65 Å². The molecule has 1 fully saturated rings. The van der Waals surface area contributed by atoms with Gasteiger partial charge < -0.3 is 4.90 Å². The third-order valence-electron chi connectivity index (χ3n) is 3.84. The van der Waals surface area contributed by atoms with Crippen LogP contribution in [-0.2, 0) is 0 Å². The van der Waals surface area contributed by atoms with E-state index in [9.17, 15) is 4.79 Å². The summed E-state index contributed by atoms with van der Waals surface area (Å²) < 4.78 is 1.82. The SMILES string of the molecule is CC(C)c1cc(C(=O)N2CCCCC2)nc2ccnn12. The minimum atomic E-state index is 0.0512. The first-order valence-electron chi connectivity index (χ1n) is 7.31. The van der Waals surface area contributed by atoms with Gasteiger partial charge in [0.15, 0.2) is 5.65 Å². The van der Waals surface area contributed by atoms with E-state index in [1.54, 1.807) is 6.20 Å². The Bertz CT molecular complexity index is 626. The summed E-state index contributed by atoms with van der Waals surface area (Å²) in [7, 11) is 0. The van der Waals surface area contributed by atoms with Gasteiger partial charge in [0.25, 0.3) is 5.91 Å². The second kappa shape index (κ2) is 5.23. The summed E-state index contributed by atoms with van der Waals surface area (Å²) in [6, 6.07) is 3.74. The van der Waals surface area contributed by atoms with Crippen LogP contribution in [0.15, 0.2) is 18.3 Å². The lowest BCUT2D eigenvalue weighted by Gasteiger charge is -2.26. The Labute approximate surface area is 118 Å². The highest BCUT2D eigenvalue weighted by Crippen LogP contribution is 2.19. The van der Waals surface area contributed by atoms with Gasteiger partial charge in [0.05, 0.1) is 6.20 Å². The van der Waals surface area contributed by atoms with Crippen LogP contribution in [0.4, 0.5) is 0 Å². The van der Waals surface area contributed by atoms with Crippen molar-refractivity contribution in [2.45, 2.75) is 39.0 Å². The van der Waals surface area contributed by atoms with Crippen molar-refractivity contribution in [3.8, 4) is 0 Å². The lowest BCUT2D eigenvalue weighted by molar-refractivity contribution is 0.0718. The Hall–Kier alpha value is -1.91. The second-order valence-corrected chi connectivity index (χ2v) is 5.68. The van der Waals surface area contributed by atoms with Crippen LogP contribution in [0.5, 0.6) is 0 Å². The quantitative estimate of drug-likeness (QED) is 0.844. The molecular weight excluding hydrogens is 252 g/mol. The van der Waals surface area contributed by atoms with Crippen LogP contribution in [0.2, 0.25) is 0 Å². The van der Waals surface area contributed by atoms with Gasteiger partial charge in [0, 0.05) is 24.8 Å². The lowest BCUT2D eigenvalue weighted by atomic mass is 10.1. The van der Waals surface area contributed by atoms with E-state index < -0.39 is 0 Å². The van der Waals surface area contributed by atoms with Crippen LogP contribution >= 0.6 is 0 Å². The number of carbonyl (C=O) groups excluding carboxylic acids is 1. The summed E-state index contributed by atoms with van der Waals surface area (Å²) in [6.07, 6.45) is 5.13. The molecule has 3 rings (SSSR count). The number of rotatable bonds is 2. The van der Waals surface area contributed by atoms with Crippen LogP contribution in [0.1, 0.15) is 55.2 Å². The third-order valence-corrected chi connectivity index (χ3v) is 3.84. The summed E-state index contributed by atoms with van der Waals surface area (Å²) >= 11 is 0. The number of likely N-dealkylation sites (tertiary alicyclic amines) is 1. The molecule has 0 saturated carbocycles. The maximum absolute atomic E-state index is 12.6. The van der Waals surface area contributed by atoms with Gasteiger partial charge in [0.2, 0.25) is 0 Å². The molecule has 3 heterocycles. The monoisotopic (exact) mass is 272 g/mol. The van der Waals surface area contributed by atoms with E-state index >= 15 is 0 Å². The molecule has 1 saturated heterocycles. The molecule has 0 bridgehead atoms. The van der Waals surface area contributed by atoms with Gasteiger partial charge in [-0.25, -0.2) is 9.50 Å². The normalized spacial score (nSPS) is 16.1. The van der Waals surface area contributed by atoms with Crippen LogP contribution in [0, 0.1) is 0 Å². The van der Waals surface area contributed by atoms with Gasteiger partial charge in [-0.3, -0.25) is 4.79 Å². The molecule has 2 aromatic rings. The van der Waals surface area contributed by atoms with E-state index in [1.165, 1.54) is 6.42 Å². The largest absolute Gasteiger partial charge is 0.337 e. The van der Waals surface area contributed by atoms with Crippen molar-refractivity contribution >= 4 is 11.6 Å². The van der Waals surface area contributed by atoms with Crippen molar-refractivity contribution in [1.82, 2.24) is 19.5 Å². The highest BCUT2D eigenvalue weighted by atomic mass is 16.2. The number of nitrogens with zero attached hydrogens (tertiary/aromatic N) is 4.